The van der Waals surface area contributed by atoms with Crippen LogP contribution in [0.15, 0.2) is 39.8 Å². The maximum Gasteiger partial charge on any atom is 0.193 e. The van der Waals surface area contributed by atoms with Crippen LogP contribution >= 0.6 is 15.9 Å². The van der Waals surface area contributed by atoms with E-state index in [0.29, 0.717) is 24.0 Å². The van der Waals surface area contributed by atoms with E-state index in [1.54, 1.807) is 14.2 Å². The summed E-state index contributed by atoms with van der Waals surface area (Å²) in [6, 6.07) is 10.00. The Hall–Kier alpha value is -2.21. The summed E-state index contributed by atoms with van der Waals surface area (Å²) in [5, 5.41) is 3.12. The molecule has 2 rings (SSSR count). The second kappa shape index (κ2) is 8.06. The van der Waals surface area contributed by atoms with Gasteiger partial charge in [0.1, 0.15) is 0 Å². The fraction of sp³-hybridized carbons (Fsp3) is 0.278. The molecule has 0 saturated carbocycles. The Morgan fingerprint density at radius 1 is 1.08 bits per heavy atom. The van der Waals surface area contributed by atoms with Crippen LogP contribution < -0.4 is 20.5 Å². The molecule has 128 valence electrons. The Morgan fingerprint density at radius 2 is 1.75 bits per heavy atom. The molecule has 0 bridgehead atoms. The number of aryl methyl sites for hydroxylation is 2. The summed E-state index contributed by atoms with van der Waals surface area (Å²) in [5.74, 6) is 1.68. The number of halogens is 1. The van der Waals surface area contributed by atoms with Crippen LogP contribution in [0.1, 0.15) is 16.7 Å². The van der Waals surface area contributed by atoms with Gasteiger partial charge in [-0.3, -0.25) is 0 Å². The van der Waals surface area contributed by atoms with E-state index in [9.17, 15) is 0 Å². The molecule has 3 N–H and O–H groups in total. The summed E-state index contributed by atoms with van der Waals surface area (Å²) >= 11 is 3.48. The van der Waals surface area contributed by atoms with Crippen molar-refractivity contribution in [2.45, 2.75) is 20.4 Å². The monoisotopic (exact) mass is 391 g/mol. The molecule has 24 heavy (non-hydrogen) atoms. The second-order valence-corrected chi connectivity index (χ2v) is 6.37. The van der Waals surface area contributed by atoms with Crippen LogP contribution in [0.25, 0.3) is 0 Å². The van der Waals surface area contributed by atoms with Gasteiger partial charge >= 0.3 is 0 Å². The maximum atomic E-state index is 5.99. The Bertz CT molecular complexity index is 740. The first-order chi connectivity index (χ1) is 11.4. The SMILES string of the molecule is COc1cc(CN=C(N)Nc2cc(C)cc(C)c2)cc(Br)c1OC. The quantitative estimate of drug-likeness (QED) is 0.596. The Labute approximate surface area is 151 Å². The van der Waals surface area contributed by atoms with Crippen molar-refractivity contribution >= 4 is 27.6 Å². The minimum Gasteiger partial charge on any atom is -0.493 e. The highest BCUT2D eigenvalue weighted by Crippen LogP contribution is 2.36. The lowest BCUT2D eigenvalue weighted by molar-refractivity contribution is 0.352. The molecule has 0 unspecified atom stereocenters. The van der Waals surface area contributed by atoms with E-state index in [4.69, 9.17) is 15.2 Å². The minimum absolute atomic E-state index is 0.367. The highest BCUT2D eigenvalue weighted by atomic mass is 79.9. The fourth-order valence-corrected chi connectivity index (χ4v) is 3.12. The van der Waals surface area contributed by atoms with Gasteiger partial charge in [0.2, 0.25) is 0 Å². The van der Waals surface area contributed by atoms with Crippen molar-refractivity contribution in [2.24, 2.45) is 10.7 Å². The standard InChI is InChI=1S/C18H22BrN3O2/c1-11-5-12(2)7-14(6-11)22-18(20)21-10-13-8-15(19)17(24-4)16(9-13)23-3/h5-9H,10H2,1-4H3,(H3,20,21,22). The van der Waals surface area contributed by atoms with Crippen LogP contribution in [-0.4, -0.2) is 20.2 Å². The van der Waals surface area contributed by atoms with Gasteiger partial charge in [-0.15, -0.1) is 0 Å². The molecule has 2 aromatic rings. The van der Waals surface area contributed by atoms with Gasteiger partial charge in [0, 0.05) is 5.69 Å². The number of nitrogens with zero attached hydrogens (tertiary/aromatic N) is 1. The minimum atomic E-state index is 0.367. The Kier molecular flexibility index (Phi) is 6.09. The number of nitrogens with one attached hydrogen (secondary N) is 1. The summed E-state index contributed by atoms with van der Waals surface area (Å²) in [4.78, 5) is 4.39. The molecule has 0 aliphatic carbocycles. The van der Waals surface area contributed by atoms with Crippen LogP contribution in [0.3, 0.4) is 0 Å². The van der Waals surface area contributed by atoms with E-state index in [1.165, 1.54) is 11.1 Å². The zero-order valence-corrected chi connectivity index (χ0v) is 15.9. The predicted octanol–water partition coefficient (Wildman–Crippen LogP) is 4.01. The molecular formula is C18H22BrN3O2. The lowest BCUT2D eigenvalue weighted by Gasteiger charge is -2.11. The normalized spacial score (nSPS) is 11.3. The molecule has 0 heterocycles. The zero-order valence-electron chi connectivity index (χ0n) is 14.3. The first-order valence-corrected chi connectivity index (χ1v) is 8.28. The number of hydrogen-bond donors (Lipinski definition) is 2. The van der Waals surface area contributed by atoms with Gasteiger partial charge in [-0.2, -0.15) is 0 Å². The highest BCUT2D eigenvalue weighted by Gasteiger charge is 2.10. The van der Waals surface area contributed by atoms with Gasteiger partial charge in [-0.1, -0.05) is 6.07 Å². The average molecular weight is 392 g/mol. The van der Waals surface area contributed by atoms with E-state index < -0.39 is 0 Å². The summed E-state index contributed by atoms with van der Waals surface area (Å²) in [5.41, 5.74) is 10.2. The number of ether oxygens (including phenoxy) is 2. The van der Waals surface area contributed by atoms with E-state index in [0.717, 1.165) is 15.7 Å². The summed E-state index contributed by atoms with van der Waals surface area (Å²) in [6.45, 7) is 4.53. The summed E-state index contributed by atoms with van der Waals surface area (Å²) in [6.07, 6.45) is 0. The molecule has 0 aromatic heterocycles. The number of methoxy groups -OCH3 is 2. The molecule has 6 heteroatoms. The predicted molar refractivity (Wildman–Crippen MR) is 102 cm³/mol. The van der Waals surface area contributed by atoms with Gasteiger partial charge in [0.25, 0.3) is 0 Å². The second-order valence-electron chi connectivity index (χ2n) is 5.52. The number of hydrogen-bond acceptors (Lipinski definition) is 3. The number of benzene rings is 2. The lowest BCUT2D eigenvalue weighted by atomic mass is 10.1. The van der Waals surface area contributed by atoms with Gasteiger partial charge in [0.05, 0.1) is 25.2 Å². The molecule has 0 spiro atoms. The maximum absolute atomic E-state index is 5.99. The van der Waals surface area contributed by atoms with E-state index in [1.807, 2.05) is 38.1 Å². The van der Waals surface area contributed by atoms with Crippen molar-refractivity contribution in [2.75, 3.05) is 19.5 Å². The molecule has 0 aliphatic heterocycles. The average Bonchev–Trinajstić information content (AvgIpc) is 2.51. The largest absolute Gasteiger partial charge is 0.493 e. The molecular weight excluding hydrogens is 370 g/mol. The van der Waals surface area contributed by atoms with Crippen molar-refractivity contribution in [1.82, 2.24) is 0 Å². The van der Waals surface area contributed by atoms with E-state index in [2.05, 4.69) is 32.3 Å². The van der Waals surface area contributed by atoms with Gasteiger partial charge in [-0.05, 0) is 70.7 Å². The van der Waals surface area contributed by atoms with Gasteiger partial charge in [0.15, 0.2) is 17.5 Å². The summed E-state index contributed by atoms with van der Waals surface area (Å²) in [7, 11) is 3.21. The first-order valence-electron chi connectivity index (χ1n) is 7.48. The van der Waals surface area contributed by atoms with Crippen LogP contribution in [0.2, 0.25) is 0 Å². The number of guanidine groups is 1. The number of rotatable bonds is 5. The Balaban J connectivity index is 2.13. The molecule has 5 nitrogen and oxygen atoms in total. The van der Waals surface area contributed by atoms with Crippen LogP contribution in [0, 0.1) is 13.8 Å². The van der Waals surface area contributed by atoms with Crippen molar-refractivity contribution in [3.63, 3.8) is 0 Å². The molecule has 0 saturated heterocycles. The Morgan fingerprint density at radius 3 is 2.33 bits per heavy atom. The summed E-state index contributed by atoms with van der Waals surface area (Å²) < 4.78 is 11.5. The molecule has 0 fully saturated rings. The van der Waals surface area contributed by atoms with Crippen molar-refractivity contribution < 1.29 is 9.47 Å². The van der Waals surface area contributed by atoms with E-state index in [-0.39, 0.29) is 0 Å². The van der Waals surface area contributed by atoms with Gasteiger partial charge < -0.3 is 20.5 Å². The molecule has 0 amide bonds. The highest BCUT2D eigenvalue weighted by molar-refractivity contribution is 9.10. The molecule has 0 atom stereocenters. The third-order valence-corrected chi connectivity index (χ3v) is 4.01. The fourth-order valence-electron chi connectivity index (χ4n) is 2.47. The number of nitrogens with two attached hydrogens (primary N) is 1. The van der Waals surface area contributed by atoms with Crippen molar-refractivity contribution in [3.05, 3.63) is 51.5 Å². The van der Waals surface area contributed by atoms with Crippen LogP contribution in [0.4, 0.5) is 5.69 Å². The first kappa shape index (κ1) is 18.1. The molecule has 0 aliphatic rings. The lowest BCUT2D eigenvalue weighted by Crippen LogP contribution is -2.22. The molecule has 0 radical (unpaired) electrons. The van der Waals surface area contributed by atoms with Crippen molar-refractivity contribution in [3.8, 4) is 11.5 Å². The zero-order chi connectivity index (χ0) is 17.7. The third-order valence-electron chi connectivity index (χ3n) is 3.42. The van der Waals surface area contributed by atoms with Gasteiger partial charge in [-0.25, -0.2) is 4.99 Å². The topological polar surface area (TPSA) is 68.9 Å². The van der Waals surface area contributed by atoms with E-state index >= 15 is 0 Å². The van der Waals surface area contributed by atoms with Crippen LogP contribution in [0.5, 0.6) is 11.5 Å². The number of aliphatic imine (C=N–C) groups is 1. The smallest absolute Gasteiger partial charge is 0.193 e. The van der Waals surface area contributed by atoms with Crippen molar-refractivity contribution in [1.29, 1.82) is 0 Å². The third kappa shape index (κ3) is 4.64. The van der Waals surface area contributed by atoms with Crippen LogP contribution in [-0.2, 0) is 6.54 Å². The molecule has 2 aromatic carbocycles. The number of anilines is 1.